The van der Waals surface area contributed by atoms with Crippen LogP contribution in [0.25, 0.3) is 22.4 Å². The minimum absolute atomic E-state index is 0.235. The SMILES string of the molecule is O=C(O)[C@@H]1CC[C@H](COc2ncc(-c3ccccc3)c(-c3ccccc3)n2)C1. The van der Waals surface area contributed by atoms with E-state index in [9.17, 15) is 4.79 Å². The van der Waals surface area contributed by atoms with Crippen LogP contribution in [0.5, 0.6) is 6.01 Å². The second-order valence-corrected chi connectivity index (χ2v) is 7.17. The summed E-state index contributed by atoms with van der Waals surface area (Å²) in [6, 6.07) is 20.4. The highest BCUT2D eigenvalue weighted by Crippen LogP contribution is 2.33. The Hall–Kier alpha value is -3.21. The van der Waals surface area contributed by atoms with Gasteiger partial charge in [-0.3, -0.25) is 4.79 Å². The van der Waals surface area contributed by atoms with Gasteiger partial charge in [-0.15, -0.1) is 0 Å². The van der Waals surface area contributed by atoms with Gasteiger partial charge in [0.05, 0.1) is 18.2 Å². The van der Waals surface area contributed by atoms with E-state index >= 15 is 0 Å². The van der Waals surface area contributed by atoms with Crippen LogP contribution in [-0.2, 0) is 4.79 Å². The van der Waals surface area contributed by atoms with E-state index in [1.165, 1.54) is 0 Å². The Labute approximate surface area is 164 Å². The van der Waals surface area contributed by atoms with Crippen LogP contribution in [0.4, 0.5) is 0 Å². The van der Waals surface area contributed by atoms with Crippen LogP contribution in [0, 0.1) is 11.8 Å². The topological polar surface area (TPSA) is 72.3 Å². The van der Waals surface area contributed by atoms with E-state index in [1.54, 1.807) is 6.20 Å². The highest BCUT2D eigenvalue weighted by molar-refractivity contribution is 5.80. The maximum absolute atomic E-state index is 11.1. The Morgan fingerprint density at radius 1 is 1.00 bits per heavy atom. The number of carbonyl (C=O) groups is 1. The number of carboxylic acids is 1. The third kappa shape index (κ3) is 4.03. The van der Waals surface area contributed by atoms with Gasteiger partial charge in [0, 0.05) is 17.3 Å². The maximum Gasteiger partial charge on any atom is 0.316 e. The summed E-state index contributed by atoms with van der Waals surface area (Å²) in [5.74, 6) is -0.731. The minimum atomic E-state index is -0.711. The number of carboxylic acid groups (broad SMARTS) is 1. The molecule has 0 bridgehead atoms. The van der Waals surface area contributed by atoms with Crippen LogP contribution in [0.15, 0.2) is 66.9 Å². The average Bonchev–Trinajstić information content (AvgIpc) is 3.23. The first kappa shape index (κ1) is 18.2. The second kappa shape index (κ2) is 8.21. The molecule has 1 heterocycles. The lowest BCUT2D eigenvalue weighted by Crippen LogP contribution is -2.14. The molecule has 1 saturated carbocycles. The highest BCUT2D eigenvalue weighted by atomic mass is 16.5. The Bertz CT molecular complexity index is 945. The van der Waals surface area contributed by atoms with E-state index in [2.05, 4.69) is 9.97 Å². The summed E-state index contributed by atoms with van der Waals surface area (Å²) in [5.41, 5.74) is 3.82. The van der Waals surface area contributed by atoms with E-state index in [1.807, 2.05) is 60.7 Å². The summed E-state index contributed by atoms with van der Waals surface area (Å²) in [6.07, 6.45) is 4.04. The van der Waals surface area contributed by atoms with E-state index in [4.69, 9.17) is 9.84 Å². The molecule has 0 unspecified atom stereocenters. The van der Waals surface area contributed by atoms with Gasteiger partial charge in [0.25, 0.3) is 0 Å². The van der Waals surface area contributed by atoms with Crippen molar-refractivity contribution in [1.82, 2.24) is 9.97 Å². The Morgan fingerprint density at radius 3 is 2.32 bits per heavy atom. The van der Waals surface area contributed by atoms with E-state index in [0.29, 0.717) is 25.5 Å². The molecule has 1 fully saturated rings. The minimum Gasteiger partial charge on any atom is -0.481 e. The zero-order chi connectivity index (χ0) is 19.3. The Balaban J connectivity index is 1.57. The quantitative estimate of drug-likeness (QED) is 0.678. The zero-order valence-electron chi connectivity index (χ0n) is 15.5. The van der Waals surface area contributed by atoms with Gasteiger partial charge in [0.1, 0.15) is 0 Å². The fourth-order valence-electron chi connectivity index (χ4n) is 3.72. The Morgan fingerprint density at radius 2 is 1.68 bits per heavy atom. The van der Waals surface area contributed by atoms with Crippen LogP contribution in [0.3, 0.4) is 0 Å². The third-order valence-electron chi connectivity index (χ3n) is 5.24. The summed E-state index contributed by atoms with van der Waals surface area (Å²) in [4.78, 5) is 20.2. The van der Waals surface area contributed by atoms with Crippen molar-refractivity contribution in [2.75, 3.05) is 6.61 Å². The van der Waals surface area contributed by atoms with Crippen molar-refractivity contribution in [3.05, 3.63) is 66.9 Å². The molecular weight excluding hydrogens is 352 g/mol. The molecule has 2 atom stereocenters. The van der Waals surface area contributed by atoms with Crippen LogP contribution in [0.1, 0.15) is 19.3 Å². The first-order chi connectivity index (χ1) is 13.7. The molecule has 3 aromatic rings. The molecule has 0 aliphatic heterocycles. The lowest BCUT2D eigenvalue weighted by molar-refractivity contribution is -0.141. The normalized spacial score (nSPS) is 18.7. The first-order valence-electron chi connectivity index (χ1n) is 9.54. The maximum atomic E-state index is 11.1. The molecule has 0 spiro atoms. The number of hydrogen-bond donors (Lipinski definition) is 1. The van der Waals surface area contributed by atoms with Gasteiger partial charge < -0.3 is 9.84 Å². The van der Waals surface area contributed by atoms with Crippen molar-refractivity contribution in [3.8, 4) is 28.4 Å². The molecule has 0 saturated heterocycles. The molecule has 142 valence electrons. The van der Waals surface area contributed by atoms with Gasteiger partial charge in [-0.05, 0) is 30.7 Å². The smallest absolute Gasteiger partial charge is 0.316 e. The molecule has 1 N–H and O–H groups in total. The molecular formula is C23H22N2O3. The number of ether oxygens (including phenoxy) is 1. The van der Waals surface area contributed by atoms with Crippen LogP contribution in [-0.4, -0.2) is 27.7 Å². The molecule has 1 aliphatic carbocycles. The zero-order valence-corrected chi connectivity index (χ0v) is 15.5. The van der Waals surface area contributed by atoms with Gasteiger partial charge >= 0.3 is 12.0 Å². The van der Waals surface area contributed by atoms with Crippen molar-refractivity contribution in [2.24, 2.45) is 11.8 Å². The number of rotatable bonds is 6. The van der Waals surface area contributed by atoms with Gasteiger partial charge in [-0.25, -0.2) is 4.98 Å². The van der Waals surface area contributed by atoms with Crippen molar-refractivity contribution in [3.63, 3.8) is 0 Å². The first-order valence-corrected chi connectivity index (χ1v) is 9.54. The molecule has 1 aromatic heterocycles. The van der Waals surface area contributed by atoms with Gasteiger partial charge in [-0.2, -0.15) is 4.98 Å². The van der Waals surface area contributed by atoms with Crippen LogP contribution < -0.4 is 4.74 Å². The molecule has 5 heteroatoms. The summed E-state index contributed by atoms with van der Waals surface area (Å²) in [5, 5.41) is 9.15. The number of hydrogen-bond acceptors (Lipinski definition) is 4. The number of benzene rings is 2. The molecule has 1 aliphatic rings. The fourth-order valence-corrected chi connectivity index (χ4v) is 3.72. The second-order valence-electron chi connectivity index (χ2n) is 7.17. The third-order valence-corrected chi connectivity index (χ3v) is 5.24. The fraction of sp³-hybridized carbons (Fsp3) is 0.261. The monoisotopic (exact) mass is 374 g/mol. The lowest BCUT2D eigenvalue weighted by atomic mass is 10.0. The Kier molecular flexibility index (Phi) is 5.33. The highest BCUT2D eigenvalue weighted by Gasteiger charge is 2.30. The molecule has 2 aromatic carbocycles. The summed E-state index contributed by atoms with van der Waals surface area (Å²) < 4.78 is 5.86. The van der Waals surface area contributed by atoms with Crippen molar-refractivity contribution in [2.45, 2.75) is 19.3 Å². The van der Waals surface area contributed by atoms with Crippen molar-refractivity contribution < 1.29 is 14.6 Å². The molecule has 28 heavy (non-hydrogen) atoms. The standard InChI is InChI=1S/C23H22N2O3/c26-22(27)19-12-11-16(13-19)15-28-23-24-14-20(17-7-3-1-4-8-17)21(25-23)18-9-5-2-6-10-18/h1-10,14,16,19H,11-13,15H2,(H,26,27)/t16-,19+/m0/s1. The van der Waals surface area contributed by atoms with Gasteiger partial charge in [0.2, 0.25) is 0 Å². The van der Waals surface area contributed by atoms with E-state index in [-0.39, 0.29) is 11.8 Å². The molecule has 0 radical (unpaired) electrons. The van der Waals surface area contributed by atoms with Gasteiger partial charge in [0.15, 0.2) is 0 Å². The summed E-state index contributed by atoms with van der Waals surface area (Å²) >= 11 is 0. The predicted octanol–water partition coefficient (Wildman–Crippen LogP) is 4.69. The number of aromatic nitrogens is 2. The van der Waals surface area contributed by atoms with Gasteiger partial charge in [-0.1, -0.05) is 60.7 Å². The number of aliphatic carboxylic acids is 1. The molecule has 4 rings (SSSR count). The predicted molar refractivity (Wildman–Crippen MR) is 107 cm³/mol. The molecule has 5 nitrogen and oxygen atoms in total. The van der Waals surface area contributed by atoms with Crippen molar-refractivity contribution >= 4 is 5.97 Å². The van der Waals surface area contributed by atoms with Crippen LogP contribution >= 0.6 is 0 Å². The summed E-state index contributed by atoms with van der Waals surface area (Å²) in [6.45, 7) is 0.447. The molecule has 0 amide bonds. The summed E-state index contributed by atoms with van der Waals surface area (Å²) in [7, 11) is 0. The lowest BCUT2D eigenvalue weighted by Gasteiger charge is -2.13. The average molecular weight is 374 g/mol. The van der Waals surface area contributed by atoms with E-state index in [0.717, 1.165) is 28.8 Å². The largest absolute Gasteiger partial charge is 0.481 e. The van der Waals surface area contributed by atoms with Crippen molar-refractivity contribution in [1.29, 1.82) is 0 Å². The van der Waals surface area contributed by atoms with E-state index < -0.39 is 5.97 Å². The van der Waals surface area contributed by atoms with Crippen LogP contribution in [0.2, 0.25) is 0 Å². The number of nitrogens with zero attached hydrogens (tertiary/aromatic N) is 2.